The monoisotopic (exact) mass is 626 g/mol. The van der Waals surface area contributed by atoms with Crippen molar-refractivity contribution in [2.75, 3.05) is 9.62 Å². The molecule has 4 aromatic carbocycles. The molecule has 0 bridgehead atoms. The van der Waals surface area contributed by atoms with E-state index in [0.29, 0.717) is 0 Å². The largest absolute Gasteiger partial charge is 0.375 e. The van der Waals surface area contributed by atoms with Crippen molar-refractivity contribution in [2.24, 2.45) is 0 Å². The Labute approximate surface area is 269 Å². The van der Waals surface area contributed by atoms with Crippen LogP contribution in [0.4, 0.5) is 22.7 Å². The summed E-state index contributed by atoms with van der Waals surface area (Å²) in [7, 11) is 0. The first-order chi connectivity index (χ1) is 21.9. The van der Waals surface area contributed by atoms with Crippen LogP contribution in [0.15, 0.2) is 94.3 Å². The molecule has 0 atom stereocenters. The van der Waals surface area contributed by atoms with E-state index in [0.717, 1.165) is 0 Å². The number of hydrogen-bond acceptors (Lipinski definition) is 6. The second-order valence-corrected chi connectivity index (χ2v) is 16.0. The molecular formula is C36H16B2N2S4. The lowest BCUT2D eigenvalue weighted by molar-refractivity contribution is 1.38. The average molecular weight is 626 g/mol. The molecule has 9 heterocycles. The first kappa shape index (κ1) is 22.4. The molecule has 0 saturated heterocycles. The maximum Gasteiger partial charge on any atom is 0.328 e. The number of rotatable bonds is 0. The van der Waals surface area contributed by atoms with Gasteiger partial charge in [-0.1, -0.05) is 48.5 Å². The quantitative estimate of drug-likeness (QED) is 0.156. The van der Waals surface area contributed by atoms with Crippen LogP contribution in [0.25, 0.3) is 63.3 Å². The van der Waals surface area contributed by atoms with Crippen LogP contribution >= 0.6 is 45.3 Å². The van der Waals surface area contributed by atoms with E-state index in [-0.39, 0.29) is 13.7 Å². The van der Waals surface area contributed by atoms with Gasteiger partial charge in [0.2, 0.25) is 0 Å². The number of anilines is 4. The summed E-state index contributed by atoms with van der Waals surface area (Å²) in [6, 6.07) is 28.0. The Morgan fingerprint density at radius 3 is 0.909 bits per heavy atom. The Hall–Kier alpha value is -4.07. The molecule has 200 valence electrons. The summed E-state index contributed by atoms with van der Waals surface area (Å²) >= 11 is 7.64. The fourth-order valence-electron chi connectivity index (χ4n) is 9.41. The highest BCUT2D eigenvalue weighted by Crippen LogP contribution is 2.58. The molecule has 0 spiro atoms. The van der Waals surface area contributed by atoms with Gasteiger partial charge in [-0.25, -0.2) is 0 Å². The van der Waals surface area contributed by atoms with Gasteiger partial charge in [0, 0.05) is 22.7 Å². The minimum absolute atomic E-state index is 0.141. The Morgan fingerprint density at radius 2 is 0.636 bits per heavy atom. The van der Waals surface area contributed by atoms with Gasteiger partial charge >= 0.3 is 13.7 Å². The molecule has 8 aromatic rings. The van der Waals surface area contributed by atoms with Crippen molar-refractivity contribution in [3.05, 3.63) is 94.3 Å². The second kappa shape index (κ2) is 7.24. The van der Waals surface area contributed by atoms with E-state index in [4.69, 9.17) is 0 Å². The van der Waals surface area contributed by atoms with E-state index in [1.54, 1.807) is 0 Å². The third-order valence-electron chi connectivity index (χ3n) is 10.7. The van der Waals surface area contributed by atoms with Crippen LogP contribution in [0.5, 0.6) is 0 Å². The van der Waals surface area contributed by atoms with Crippen molar-refractivity contribution in [2.45, 2.75) is 0 Å². The highest BCUT2D eigenvalue weighted by atomic mass is 32.1. The fraction of sp³-hybridized carbons (Fsp3) is 0. The van der Waals surface area contributed by atoms with E-state index in [9.17, 15) is 0 Å². The lowest BCUT2D eigenvalue weighted by atomic mass is 9.26. The Balaban J connectivity index is 1.38. The van der Waals surface area contributed by atoms with Gasteiger partial charge < -0.3 is 9.62 Å². The van der Waals surface area contributed by atoms with Crippen molar-refractivity contribution in [3.63, 3.8) is 0 Å². The van der Waals surface area contributed by atoms with Gasteiger partial charge in [-0.15, -0.1) is 45.3 Å². The van der Waals surface area contributed by atoms with Crippen molar-refractivity contribution in [1.29, 1.82) is 0 Å². The standard InChI is InChI=1S/C36H16B2N2S4/c1-2-6-18-17(5-1)25-29-30-26(18)34-22(10-14-42-34)40-24-12-16-44-36(24)28-20-8-4-3-7-19(20)27-31(32(28)38(30)40)37(29)39(21-9-13-41-33(21)25)23-11-15-43-35(23)27/h1-16H. The number of fused-ring (bicyclic) bond motifs is 18. The normalized spacial score (nSPS) is 15.1. The van der Waals surface area contributed by atoms with Crippen molar-refractivity contribution in [3.8, 4) is 41.8 Å². The predicted octanol–water partition coefficient (Wildman–Crippen LogP) is 8.36. The summed E-state index contributed by atoms with van der Waals surface area (Å²) in [6.07, 6.45) is 0. The van der Waals surface area contributed by atoms with Gasteiger partial charge in [-0.3, -0.25) is 0 Å². The number of benzene rings is 4. The summed E-state index contributed by atoms with van der Waals surface area (Å²) in [5.74, 6) is 0. The lowest BCUT2D eigenvalue weighted by Crippen LogP contribution is -2.80. The highest BCUT2D eigenvalue weighted by Gasteiger charge is 2.58. The molecule has 0 amide bonds. The van der Waals surface area contributed by atoms with Gasteiger partial charge in [0.25, 0.3) is 0 Å². The van der Waals surface area contributed by atoms with Crippen LogP contribution in [0.3, 0.4) is 0 Å². The van der Waals surface area contributed by atoms with Gasteiger partial charge in [-0.05, 0) is 111 Å². The van der Waals surface area contributed by atoms with Gasteiger partial charge in [-0.2, -0.15) is 0 Å². The zero-order valence-corrected chi connectivity index (χ0v) is 26.2. The van der Waals surface area contributed by atoms with Crippen molar-refractivity contribution < 1.29 is 0 Å². The summed E-state index contributed by atoms with van der Waals surface area (Å²) in [5, 5.41) is 14.8. The first-order valence-corrected chi connectivity index (χ1v) is 18.5. The van der Waals surface area contributed by atoms with E-state index in [2.05, 4.69) is 104 Å². The van der Waals surface area contributed by atoms with Crippen LogP contribution in [-0.4, -0.2) is 13.7 Å². The molecule has 0 aliphatic carbocycles. The van der Waals surface area contributed by atoms with Gasteiger partial charge in [0.15, 0.2) is 0 Å². The maximum atomic E-state index is 2.72. The molecule has 0 N–H and O–H groups in total. The topological polar surface area (TPSA) is 6.48 Å². The first-order valence-electron chi connectivity index (χ1n) is 15.0. The summed E-state index contributed by atoms with van der Waals surface area (Å²) in [5.41, 5.74) is 17.4. The number of nitrogens with zero attached hydrogens (tertiary/aromatic N) is 2. The molecule has 4 aromatic heterocycles. The minimum Gasteiger partial charge on any atom is -0.375 e. The molecule has 0 fully saturated rings. The molecule has 5 aliphatic heterocycles. The van der Waals surface area contributed by atoms with Crippen LogP contribution < -0.4 is 31.5 Å². The molecule has 2 nitrogen and oxygen atoms in total. The fourth-order valence-corrected chi connectivity index (χ4v) is 13.2. The molecule has 0 unspecified atom stereocenters. The average Bonchev–Trinajstić information content (AvgIpc) is 3.89. The summed E-state index contributed by atoms with van der Waals surface area (Å²) in [4.78, 5) is 11.1. The zero-order valence-electron chi connectivity index (χ0n) is 22.9. The molecule has 5 aliphatic rings. The van der Waals surface area contributed by atoms with E-state index < -0.39 is 0 Å². The van der Waals surface area contributed by atoms with E-state index in [1.165, 1.54) is 108 Å². The second-order valence-electron chi connectivity index (χ2n) is 12.3. The van der Waals surface area contributed by atoms with Crippen LogP contribution in [0.1, 0.15) is 0 Å². The van der Waals surface area contributed by atoms with Crippen LogP contribution in [0, 0.1) is 0 Å². The van der Waals surface area contributed by atoms with Gasteiger partial charge in [0.1, 0.15) is 0 Å². The zero-order chi connectivity index (χ0) is 28.0. The molecular weight excluding hydrogens is 610 g/mol. The highest BCUT2D eigenvalue weighted by molar-refractivity contribution is 7.21. The Bertz CT molecular complexity index is 2310. The third kappa shape index (κ3) is 2.18. The molecule has 8 heteroatoms. The molecule has 0 saturated carbocycles. The molecule has 0 radical (unpaired) electrons. The number of thiophene rings is 4. The molecule has 44 heavy (non-hydrogen) atoms. The number of hydrogen-bond donors (Lipinski definition) is 0. The summed E-state index contributed by atoms with van der Waals surface area (Å²) in [6.45, 7) is 0.282. The predicted molar refractivity (Wildman–Crippen MR) is 195 cm³/mol. The lowest BCUT2D eigenvalue weighted by Gasteiger charge is -2.52. The van der Waals surface area contributed by atoms with Gasteiger partial charge in [0.05, 0.1) is 19.5 Å². The summed E-state index contributed by atoms with van der Waals surface area (Å²) < 4.78 is 0. The maximum absolute atomic E-state index is 2.72. The van der Waals surface area contributed by atoms with Crippen molar-refractivity contribution >= 4 is 125 Å². The van der Waals surface area contributed by atoms with E-state index >= 15 is 0 Å². The van der Waals surface area contributed by atoms with Crippen molar-refractivity contribution in [1.82, 2.24) is 0 Å². The van der Waals surface area contributed by atoms with E-state index in [1.807, 2.05) is 45.3 Å². The smallest absolute Gasteiger partial charge is 0.328 e. The minimum atomic E-state index is 0.141. The Morgan fingerprint density at radius 1 is 0.364 bits per heavy atom. The Kier molecular flexibility index (Phi) is 3.69. The SMILES string of the molecule is c1ccc2c3c4c5c(c2c1)-c1sccc1N1B5c2c5c(c6ccccc6c2-c2sccc21)-c1sccc1N(B45)c1ccsc1-3. The van der Waals surface area contributed by atoms with Crippen LogP contribution in [0.2, 0.25) is 0 Å². The molecule has 13 rings (SSSR count). The van der Waals surface area contributed by atoms with Crippen LogP contribution in [-0.2, 0) is 0 Å². The third-order valence-corrected chi connectivity index (χ3v) is 14.4.